The molecule has 2 aliphatic rings. The molecule has 0 radical (unpaired) electrons. The Morgan fingerprint density at radius 3 is 2.57 bits per heavy atom. The van der Waals surface area contributed by atoms with Gasteiger partial charge in [-0.25, -0.2) is 0 Å². The predicted molar refractivity (Wildman–Crippen MR) is 112 cm³/mol. The Morgan fingerprint density at radius 2 is 1.93 bits per heavy atom. The zero-order chi connectivity index (χ0) is 20.6. The van der Waals surface area contributed by atoms with Crippen LogP contribution in [0.5, 0.6) is 0 Å². The largest absolute Gasteiger partial charge is 0.480 e. The summed E-state index contributed by atoms with van der Waals surface area (Å²) in [7, 11) is -4.17. The Kier molecular flexibility index (Phi) is 6.05. The number of thioether (sulfide) groups is 2. The van der Waals surface area contributed by atoms with Crippen molar-refractivity contribution in [1.82, 2.24) is 4.90 Å². The molecule has 0 unspecified atom stereocenters. The Balaban J connectivity index is 1.95. The molecule has 0 spiro atoms. The van der Waals surface area contributed by atoms with E-state index in [-0.39, 0.29) is 17.3 Å². The number of carbonyl (C=O) groups excluding carboxylic acids is 1. The number of carbonyl (C=O) groups is 2. The molecule has 3 rings (SSSR count). The number of nitrogens with zero attached hydrogens (tertiary/aromatic N) is 2. The Bertz CT molecular complexity index is 991. The number of rotatable bonds is 6. The summed E-state index contributed by atoms with van der Waals surface area (Å²) >= 11 is 7.53. The minimum absolute atomic E-state index is 0.145. The van der Waals surface area contributed by atoms with Crippen LogP contribution in [0.15, 0.2) is 39.1 Å². The number of anilines is 1. The van der Waals surface area contributed by atoms with Gasteiger partial charge in [-0.1, -0.05) is 47.9 Å². The van der Waals surface area contributed by atoms with Crippen LogP contribution >= 0.6 is 35.7 Å². The number of carboxylic acid groups (broad SMARTS) is 1. The van der Waals surface area contributed by atoms with E-state index in [1.165, 1.54) is 18.7 Å². The monoisotopic (exact) mass is 460 g/mol. The second-order valence-corrected chi connectivity index (χ2v) is 10.6. The highest BCUT2D eigenvalue weighted by Gasteiger charge is 2.40. The highest BCUT2D eigenvalue weighted by atomic mass is 32.2. The summed E-state index contributed by atoms with van der Waals surface area (Å²) in [6, 6.07) is 7.41. The minimum atomic E-state index is -4.17. The first-order valence-electron chi connectivity index (χ1n) is 8.10. The van der Waals surface area contributed by atoms with E-state index in [1.54, 1.807) is 0 Å². The van der Waals surface area contributed by atoms with Crippen molar-refractivity contribution in [2.45, 2.75) is 23.5 Å². The van der Waals surface area contributed by atoms with Gasteiger partial charge < -0.3 is 10.0 Å². The third-order valence-electron chi connectivity index (χ3n) is 4.21. The molecule has 0 aromatic heterocycles. The lowest BCUT2D eigenvalue weighted by atomic mass is 10.2. The molecular formula is C16H16N2O6S4. The van der Waals surface area contributed by atoms with Crippen LogP contribution in [0.3, 0.4) is 0 Å². The number of hydrogen-bond acceptors (Lipinski definition) is 8. The van der Waals surface area contributed by atoms with Gasteiger partial charge in [0, 0.05) is 11.4 Å². The van der Waals surface area contributed by atoms with Gasteiger partial charge in [0.15, 0.2) is 0 Å². The number of hydrogen-bond donors (Lipinski definition) is 2. The van der Waals surface area contributed by atoms with Gasteiger partial charge in [0.05, 0.1) is 10.9 Å². The second kappa shape index (κ2) is 8.03. The van der Waals surface area contributed by atoms with Crippen molar-refractivity contribution >= 4 is 67.7 Å². The molecule has 1 atom stereocenters. The number of aliphatic carboxylic acids is 1. The first-order valence-corrected chi connectivity index (χ1v) is 11.6. The van der Waals surface area contributed by atoms with E-state index in [0.717, 1.165) is 27.2 Å². The standard InChI is InChI=1S/C16H16N2O6S4/c1-9(28(22,23)24)6-7-17-10-4-2-3-5-11(10)26-15(17)13-14(21)18(8-12(19)20)16(25)27-13/h2-5,9H,6-8H2,1H3,(H,19,20)(H,22,23,24)/b15-13+/t9-/m0/s1. The molecule has 2 N–H and O–H groups in total. The number of amides is 1. The van der Waals surface area contributed by atoms with E-state index < -0.39 is 33.8 Å². The molecule has 150 valence electrons. The van der Waals surface area contributed by atoms with Crippen molar-refractivity contribution < 1.29 is 27.7 Å². The van der Waals surface area contributed by atoms with Crippen LogP contribution in [-0.2, 0) is 19.7 Å². The molecule has 1 aromatic carbocycles. The lowest BCUT2D eigenvalue weighted by Crippen LogP contribution is -2.34. The average Bonchev–Trinajstić information content (AvgIpc) is 3.10. The molecule has 0 aliphatic carbocycles. The van der Waals surface area contributed by atoms with Crippen LogP contribution in [0.25, 0.3) is 0 Å². The summed E-state index contributed by atoms with van der Waals surface area (Å²) in [6.07, 6.45) is 0.145. The fourth-order valence-electron chi connectivity index (χ4n) is 2.68. The topological polar surface area (TPSA) is 115 Å². The Labute approximate surface area is 175 Å². The van der Waals surface area contributed by atoms with E-state index in [1.807, 2.05) is 29.2 Å². The van der Waals surface area contributed by atoms with Gasteiger partial charge in [-0.05, 0) is 25.5 Å². The second-order valence-electron chi connectivity index (χ2n) is 6.12. The maximum Gasteiger partial charge on any atom is 0.323 e. The number of thiocarbonyl (C=S) groups is 1. The molecule has 1 amide bonds. The highest BCUT2D eigenvalue weighted by Crippen LogP contribution is 2.50. The fourth-order valence-corrected chi connectivity index (χ4v) is 5.68. The molecule has 28 heavy (non-hydrogen) atoms. The van der Waals surface area contributed by atoms with E-state index in [2.05, 4.69) is 0 Å². The molecule has 2 aliphatic heterocycles. The smallest absolute Gasteiger partial charge is 0.323 e. The number of carboxylic acids is 1. The van der Waals surface area contributed by atoms with Crippen LogP contribution in [0.1, 0.15) is 13.3 Å². The summed E-state index contributed by atoms with van der Waals surface area (Å²) < 4.78 is 32.1. The van der Waals surface area contributed by atoms with Gasteiger partial charge in [0.2, 0.25) is 0 Å². The third-order valence-corrected chi connectivity index (χ3v) is 8.21. The molecule has 1 saturated heterocycles. The van der Waals surface area contributed by atoms with E-state index >= 15 is 0 Å². The van der Waals surface area contributed by atoms with Crippen molar-refractivity contribution in [3.05, 3.63) is 34.2 Å². The van der Waals surface area contributed by atoms with Gasteiger partial charge in [-0.15, -0.1) is 0 Å². The maximum absolute atomic E-state index is 12.8. The molecular weight excluding hydrogens is 444 g/mol. The van der Waals surface area contributed by atoms with Crippen LogP contribution in [0, 0.1) is 0 Å². The predicted octanol–water partition coefficient (Wildman–Crippen LogP) is 2.38. The van der Waals surface area contributed by atoms with Crippen LogP contribution in [0.2, 0.25) is 0 Å². The zero-order valence-corrected chi connectivity index (χ0v) is 17.8. The SMILES string of the molecule is C[C@@H](CCN1/C(=C2\SC(=S)N(CC(=O)O)C2=O)Sc2ccccc21)S(=O)(=O)O. The van der Waals surface area contributed by atoms with Gasteiger partial charge in [-0.3, -0.25) is 19.0 Å². The zero-order valence-electron chi connectivity index (χ0n) is 14.6. The normalized spacial score (nSPS) is 20.6. The molecule has 0 saturated carbocycles. The van der Waals surface area contributed by atoms with E-state index in [4.69, 9.17) is 17.3 Å². The lowest BCUT2D eigenvalue weighted by Gasteiger charge is -2.22. The molecule has 8 nitrogen and oxygen atoms in total. The molecule has 12 heteroatoms. The molecule has 0 bridgehead atoms. The summed E-state index contributed by atoms with van der Waals surface area (Å²) in [5.74, 6) is -1.65. The van der Waals surface area contributed by atoms with Crippen LogP contribution in [0.4, 0.5) is 5.69 Å². The van der Waals surface area contributed by atoms with Crippen molar-refractivity contribution in [3.63, 3.8) is 0 Å². The summed E-state index contributed by atoms with van der Waals surface area (Å²) in [6.45, 7) is 1.15. The number of para-hydroxylation sites is 1. The van der Waals surface area contributed by atoms with E-state index in [9.17, 15) is 22.6 Å². The van der Waals surface area contributed by atoms with Crippen LogP contribution < -0.4 is 4.90 Å². The van der Waals surface area contributed by atoms with Gasteiger partial charge >= 0.3 is 5.97 Å². The summed E-state index contributed by atoms with van der Waals surface area (Å²) in [4.78, 5) is 27.8. The van der Waals surface area contributed by atoms with Gasteiger partial charge in [0.1, 0.15) is 20.8 Å². The van der Waals surface area contributed by atoms with Crippen molar-refractivity contribution in [3.8, 4) is 0 Å². The molecule has 1 fully saturated rings. The van der Waals surface area contributed by atoms with Crippen molar-refractivity contribution in [2.24, 2.45) is 0 Å². The van der Waals surface area contributed by atoms with E-state index in [0.29, 0.717) is 9.93 Å². The van der Waals surface area contributed by atoms with Gasteiger partial charge in [-0.2, -0.15) is 8.42 Å². The first-order chi connectivity index (χ1) is 13.1. The van der Waals surface area contributed by atoms with Crippen molar-refractivity contribution in [1.29, 1.82) is 0 Å². The number of fused-ring (bicyclic) bond motifs is 1. The summed E-state index contributed by atoms with van der Waals surface area (Å²) in [5, 5.41) is 8.61. The minimum Gasteiger partial charge on any atom is -0.480 e. The number of benzene rings is 1. The molecule has 2 heterocycles. The first kappa shape index (κ1) is 21.1. The lowest BCUT2D eigenvalue weighted by molar-refractivity contribution is -0.140. The Morgan fingerprint density at radius 1 is 1.25 bits per heavy atom. The van der Waals surface area contributed by atoms with Crippen LogP contribution in [-0.4, -0.2) is 57.5 Å². The molecule has 1 aromatic rings. The fraction of sp³-hybridized carbons (Fsp3) is 0.312. The van der Waals surface area contributed by atoms with Crippen molar-refractivity contribution in [2.75, 3.05) is 18.0 Å². The quantitative estimate of drug-likeness (QED) is 0.372. The summed E-state index contributed by atoms with van der Waals surface area (Å²) in [5.41, 5.74) is 0.813. The maximum atomic E-state index is 12.8. The average molecular weight is 461 g/mol. The van der Waals surface area contributed by atoms with Gasteiger partial charge in [0.25, 0.3) is 16.0 Å². The highest BCUT2D eigenvalue weighted by molar-refractivity contribution is 8.27. The third kappa shape index (κ3) is 4.20. The Hall–Kier alpha value is -1.60.